The summed E-state index contributed by atoms with van der Waals surface area (Å²) in [6, 6.07) is 15.1. The zero-order valence-corrected chi connectivity index (χ0v) is 22.5. The minimum atomic E-state index is -0.836. The Morgan fingerprint density at radius 3 is 2.56 bits per heavy atom. The molecule has 36 heavy (non-hydrogen) atoms. The molecule has 194 valence electrons. The maximum absolute atomic E-state index is 12.7. The molecule has 0 saturated carbocycles. The van der Waals surface area contributed by atoms with Crippen molar-refractivity contribution in [1.82, 2.24) is 10.3 Å². The van der Waals surface area contributed by atoms with Crippen LogP contribution >= 0.6 is 11.8 Å². The van der Waals surface area contributed by atoms with E-state index in [1.807, 2.05) is 62.4 Å². The maximum Gasteiger partial charge on any atom is 0.408 e. The number of carbonyl (C=O) groups is 2. The smallest absolute Gasteiger partial charge is 0.408 e. The van der Waals surface area contributed by atoms with E-state index in [0.717, 1.165) is 45.6 Å². The second kappa shape index (κ2) is 12.7. The number of hydrogen-bond acceptors (Lipinski definition) is 6. The quantitative estimate of drug-likeness (QED) is 0.176. The molecule has 0 unspecified atom stereocenters. The molecule has 2 aromatic carbocycles. The Bertz CT molecular complexity index is 1150. The molecule has 0 spiro atoms. The molecule has 0 radical (unpaired) electrons. The third kappa shape index (κ3) is 8.22. The highest BCUT2D eigenvalue weighted by atomic mass is 32.2. The highest BCUT2D eigenvalue weighted by molar-refractivity contribution is 7.99. The van der Waals surface area contributed by atoms with Crippen LogP contribution in [-0.2, 0) is 20.9 Å². The van der Waals surface area contributed by atoms with Gasteiger partial charge in [0, 0.05) is 17.2 Å². The summed E-state index contributed by atoms with van der Waals surface area (Å²) in [5.41, 5.74) is 2.45. The number of thioether (sulfide) groups is 1. The van der Waals surface area contributed by atoms with Crippen LogP contribution in [0.4, 0.5) is 4.79 Å². The first-order valence-electron chi connectivity index (χ1n) is 12.2. The molecule has 0 bridgehead atoms. The van der Waals surface area contributed by atoms with Crippen LogP contribution in [0.15, 0.2) is 53.6 Å². The molecule has 0 aliphatic rings. The second-order valence-electron chi connectivity index (χ2n) is 9.59. The summed E-state index contributed by atoms with van der Waals surface area (Å²) in [4.78, 5) is 28.5. The summed E-state index contributed by atoms with van der Waals surface area (Å²) in [5.74, 6) is 0.607. The Balaban J connectivity index is 1.69. The summed E-state index contributed by atoms with van der Waals surface area (Å²) in [7, 11) is 0. The topological polar surface area (TPSA) is 89.7 Å². The van der Waals surface area contributed by atoms with Crippen LogP contribution in [-0.4, -0.2) is 41.0 Å². The van der Waals surface area contributed by atoms with Gasteiger partial charge in [-0.15, -0.1) is 11.8 Å². The van der Waals surface area contributed by atoms with Gasteiger partial charge < -0.3 is 24.5 Å². The molecule has 0 fully saturated rings. The van der Waals surface area contributed by atoms with Crippen molar-refractivity contribution in [1.29, 1.82) is 0 Å². The van der Waals surface area contributed by atoms with Crippen molar-refractivity contribution in [3.8, 4) is 5.75 Å². The van der Waals surface area contributed by atoms with E-state index in [1.165, 1.54) is 11.8 Å². The summed E-state index contributed by atoms with van der Waals surface area (Å²) >= 11 is 1.46. The molecular weight excluding hydrogens is 476 g/mol. The number of H-pyrrole nitrogens is 1. The fourth-order valence-electron chi connectivity index (χ4n) is 3.47. The highest BCUT2D eigenvalue weighted by Crippen LogP contribution is 2.32. The van der Waals surface area contributed by atoms with Gasteiger partial charge in [-0.1, -0.05) is 43.7 Å². The fraction of sp³-hybridized carbons (Fsp3) is 0.429. The number of amides is 1. The Hall–Kier alpha value is -3.13. The average Bonchev–Trinajstić information content (AvgIpc) is 3.14. The number of carbonyl (C=O) groups excluding carboxylic acids is 2. The second-order valence-corrected chi connectivity index (χ2v) is 10.6. The van der Waals surface area contributed by atoms with E-state index in [4.69, 9.17) is 14.2 Å². The van der Waals surface area contributed by atoms with Crippen LogP contribution in [0.1, 0.15) is 51.7 Å². The van der Waals surface area contributed by atoms with Crippen LogP contribution in [0.2, 0.25) is 0 Å². The molecule has 0 aliphatic heterocycles. The molecular formula is C28H36N2O5S. The van der Waals surface area contributed by atoms with Crippen molar-refractivity contribution >= 4 is 34.7 Å². The predicted molar refractivity (Wildman–Crippen MR) is 144 cm³/mol. The van der Waals surface area contributed by atoms with E-state index in [2.05, 4.69) is 10.3 Å². The Labute approximate surface area is 217 Å². The Morgan fingerprint density at radius 2 is 1.86 bits per heavy atom. The van der Waals surface area contributed by atoms with Crippen molar-refractivity contribution < 1.29 is 23.8 Å². The SMILES string of the molecule is CCCCOC(=O)[C@H](CSc1[nH]c2cc(OCc3ccccc3)ccc2c1C)NC(=O)OC(C)(C)C. The van der Waals surface area contributed by atoms with Crippen LogP contribution < -0.4 is 10.1 Å². The third-order valence-corrected chi connectivity index (χ3v) is 6.54. The van der Waals surface area contributed by atoms with E-state index in [9.17, 15) is 9.59 Å². The molecule has 3 rings (SSSR count). The molecule has 1 aromatic heterocycles. The number of ether oxygens (including phenoxy) is 3. The van der Waals surface area contributed by atoms with E-state index in [-0.39, 0.29) is 0 Å². The van der Waals surface area contributed by atoms with Crippen molar-refractivity contribution in [2.75, 3.05) is 12.4 Å². The number of aryl methyl sites for hydroxylation is 1. The first-order valence-corrected chi connectivity index (χ1v) is 13.2. The zero-order valence-electron chi connectivity index (χ0n) is 21.7. The van der Waals surface area contributed by atoms with Crippen molar-refractivity contribution in [2.24, 2.45) is 0 Å². The molecule has 0 aliphatic carbocycles. The number of hydrogen-bond donors (Lipinski definition) is 2. The fourth-order valence-corrected chi connectivity index (χ4v) is 4.53. The van der Waals surface area contributed by atoms with Crippen molar-refractivity contribution in [3.63, 3.8) is 0 Å². The van der Waals surface area contributed by atoms with Gasteiger partial charge in [0.25, 0.3) is 0 Å². The molecule has 1 heterocycles. The largest absolute Gasteiger partial charge is 0.489 e. The monoisotopic (exact) mass is 512 g/mol. The Kier molecular flexibility index (Phi) is 9.70. The average molecular weight is 513 g/mol. The number of nitrogens with one attached hydrogen (secondary N) is 2. The maximum atomic E-state index is 12.7. The summed E-state index contributed by atoms with van der Waals surface area (Å²) in [6.45, 7) is 10.2. The van der Waals surface area contributed by atoms with E-state index >= 15 is 0 Å². The first-order chi connectivity index (χ1) is 17.2. The third-order valence-electron chi connectivity index (χ3n) is 5.34. The minimum absolute atomic E-state index is 0.301. The summed E-state index contributed by atoms with van der Waals surface area (Å²) < 4.78 is 16.7. The lowest BCUT2D eigenvalue weighted by Crippen LogP contribution is -2.45. The number of alkyl carbamates (subject to hydrolysis) is 1. The van der Waals surface area contributed by atoms with Crippen molar-refractivity contribution in [2.45, 2.75) is 70.7 Å². The van der Waals surface area contributed by atoms with Gasteiger partial charge in [-0.05, 0) is 57.4 Å². The number of aromatic amines is 1. The highest BCUT2D eigenvalue weighted by Gasteiger charge is 2.26. The van der Waals surface area contributed by atoms with E-state index in [1.54, 1.807) is 20.8 Å². The lowest BCUT2D eigenvalue weighted by Gasteiger charge is -2.22. The Morgan fingerprint density at radius 1 is 1.11 bits per heavy atom. The van der Waals surface area contributed by atoms with Gasteiger partial charge in [-0.2, -0.15) is 0 Å². The minimum Gasteiger partial charge on any atom is -0.489 e. The van der Waals surface area contributed by atoms with Crippen LogP contribution in [0.5, 0.6) is 5.75 Å². The molecule has 2 N–H and O–H groups in total. The van der Waals surface area contributed by atoms with Gasteiger partial charge in [-0.25, -0.2) is 9.59 Å². The van der Waals surface area contributed by atoms with E-state index in [0.29, 0.717) is 19.0 Å². The van der Waals surface area contributed by atoms with E-state index < -0.39 is 23.7 Å². The number of aromatic nitrogens is 1. The molecule has 3 aromatic rings. The molecule has 7 nitrogen and oxygen atoms in total. The van der Waals surface area contributed by atoms with Gasteiger partial charge in [0.1, 0.15) is 24.0 Å². The molecule has 8 heteroatoms. The zero-order chi connectivity index (χ0) is 26.1. The van der Waals surface area contributed by atoms with Gasteiger partial charge >= 0.3 is 12.1 Å². The first kappa shape index (κ1) is 27.5. The summed E-state index contributed by atoms with van der Waals surface area (Å²) in [6.07, 6.45) is 1.04. The van der Waals surface area contributed by atoms with Gasteiger partial charge in [0.15, 0.2) is 0 Å². The van der Waals surface area contributed by atoms with Gasteiger partial charge in [0.2, 0.25) is 0 Å². The normalized spacial score (nSPS) is 12.2. The van der Waals surface area contributed by atoms with Crippen molar-refractivity contribution in [3.05, 3.63) is 59.7 Å². The summed E-state index contributed by atoms with van der Waals surface area (Å²) in [5, 5.41) is 4.67. The van der Waals surface area contributed by atoms with Crippen LogP contribution in [0.25, 0.3) is 10.9 Å². The number of benzene rings is 2. The standard InChI is InChI=1S/C28H36N2O5S/c1-6-7-15-33-26(31)24(30-27(32)35-28(3,4)5)18-36-25-19(2)22-14-13-21(16-23(22)29-25)34-17-20-11-9-8-10-12-20/h8-14,16,24,29H,6-7,15,17-18H2,1-5H3,(H,30,32)/t24-/m0/s1. The lowest BCUT2D eigenvalue weighted by atomic mass is 10.2. The lowest BCUT2D eigenvalue weighted by molar-refractivity contribution is -0.145. The van der Waals surface area contributed by atoms with Gasteiger partial charge in [0.05, 0.1) is 17.1 Å². The molecule has 1 atom stereocenters. The predicted octanol–water partition coefficient (Wildman–Crippen LogP) is 6.38. The van der Waals surface area contributed by atoms with Crippen LogP contribution in [0, 0.1) is 6.92 Å². The van der Waals surface area contributed by atoms with Gasteiger partial charge in [-0.3, -0.25) is 0 Å². The van der Waals surface area contributed by atoms with Crippen LogP contribution in [0.3, 0.4) is 0 Å². The number of fused-ring (bicyclic) bond motifs is 1. The number of rotatable bonds is 11. The molecule has 1 amide bonds. The number of unbranched alkanes of at least 4 members (excludes halogenated alkanes) is 1. The number of esters is 1. The molecule has 0 saturated heterocycles.